The molecule has 0 spiro atoms. The number of carbonyl (C=O) groups excluding carboxylic acids is 1. The number of aliphatic carboxylic acids is 1. The molecule has 0 aromatic carbocycles. The van der Waals surface area contributed by atoms with E-state index in [9.17, 15) is 9.59 Å². The van der Waals surface area contributed by atoms with E-state index in [2.05, 4.69) is 10.6 Å². The molecule has 1 saturated heterocycles. The summed E-state index contributed by atoms with van der Waals surface area (Å²) in [6, 6.07) is -0.987. The number of hydrogen-bond acceptors (Lipinski definition) is 4. The van der Waals surface area contributed by atoms with Crippen molar-refractivity contribution in [2.75, 3.05) is 19.7 Å². The van der Waals surface area contributed by atoms with Crippen LogP contribution in [-0.2, 0) is 9.59 Å². The molecule has 6 nitrogen and oxygen atoms in total. The van der Waals surface area contributed by atoms with Crippen LogP contribution < -0.4 is 10.6 Å². The van der Waals surface area contributed by atoms with Gasteiger partial charge in [-0.25, -0.2) is 4.79 Å². The lowest BCUT2D eigenvalue weighted by molar-refractivity contribution is -0.143. The summed E-state index contributed by atoms with van der Waals surface area (Å²) in [5, 5.41) is 23.0. The molecule has 6 heteroatoms. The van der Waals surface area contributed by atoms with E-state index in [0.717, 1.165) is 19.4 Å². The van der Waals surface area contributed by atoms with Gasteiger partial charge in [-0.1, -0.05) is 0 Å². The Morgan fingerprint density at radius 2 is 2.25 bits per heavy atom. The van der Waals surface area contributed by atoms with Crippen LogP contribution in [0.1, 0.15) is 19.3 Å². The average molecular weight is 230 g/mol. The predicted octanol–water partition coefficient (Wildman–Crippen LogP) is -1.06. The van der Waals surface area contributed by atoms with Crippen LogP contribution in [0.25, 0.3) is 0 Å². The van der Waals surface area contributed by atoms with Gasteiger partial charge in [0.15, 0.2) is 0 Å². The van der Waals surface area contributed by atoms with Crippen LogP contribution in [-0.4, -0.2) is 47.8 Å². The first kappa shape index (κ1) is 12.9. The van der Waals surface area contributed by atoms with Crippen LogP contribution in [0.15, 0.2) is 0 Å². The zero-order chi connectivity index (χ0) is 12.0. The molecule has 4 N–H and O–H groups in total. The van der Waals surface area contributed by atoms with Gasteiger partial charge >= 0.3 is 5.97 Å². The summed E-state index contributed by atoms with van der Waals surface area (Å²) in [4.78, 5) is 22.5. The van der Waals surface area contributed by atoms with Crippen molar-refractivity contribution in [3.8, 4) is 0 Å². The molecule has 1 aliphatic rings. The third kappa shape index (κ3) is 3.79. The molecule has 1 heterocycles. The van der Waals surface area contributed by atoms with Crippen LogP contribution in [0.2, 0.25) is 0 Å². The Morgan fingerprint density at radius 1 is 1.50 bits per heavy atom. The fourth-order valence-electron chi connectivity index (χ4n) is 1.75. The van der Waals surface area contributed by atoms with Gasteiger partial charge in [-0.05, 0) is 19.4 Å². The van der Waals surface area contributed by atoms with Gasteiger partial charge < -0.3 is 20.8 Å². The second kappa shape index (κ2) is 6.44. The molecular formula is C10H18N2O4. The first-order valence-corrected chi connectivity index (χ1v) is 5.50. The lowest BCUT2D eigenvalue weighted by Gasteiger charge is -2.23. The Morgan fingerprint density at radius 3 is 2.75 bits per heavy atom. The van der Waals surface area contributed by atoms with Gasteiger partial charge in [0.2, 0.25) is 5.91 Å². The van der Waals surface area contributed by atoms with E-state index >= 15 is 0 Å². The predicted molar refractivity (Wildman–Crippen MR) is 56.9 cm³/mol. The zero-order valence-electron chi connectivity index (χ0n) is 9.11. The van der Waals surface area contributed by atoms with Crippen LogP contribution in [0, 0.1) is 5.92 Å². The summed E-state index contributed by atoms with van der Waals surface area (Å²) < 4.78 is 0. The SMILES string of the molecule is O=C(O)C(CCO)NC(=O)[C@H]1CCCNC1. The Hall–Kier alpha value is -1.14. The molecule has 0 radical (unpaired) electrons. The lowest BCUT2D eigenvalue weighted by atomic mass is 9.98. The number of hydrogen-bond donors (Lipinski definition) is 4. The fraction of sp³-hybridized carbons (Fsp3) is 0.800. The van der Waals surface area contributed by atoms with E-state index in [1.807, 2.05) is 0 Å². The molecule has 0 aliphatic carbocycles. The highest BCUT2D eigenvalue weighted by Crippen LogP contribution is 2.10. The molecule has 1 fully saturated rings. The Balaban J connectivity index is 2.43. The minimum absolute atomic E-state index is 0.0429. The van der Waals surface area contributed by atoms with Gasteiger partial charge in [-0.2, -0.15) is 0 Å². The topological polar surface area (TPSA) is 98.7 Å². The Bertz CT molecular complexity index is 251. The second-order valence-corrected chi connectivity index (χ2v) is 3.95. The van der Waals surface area contributed by atoms with E-state index in [4.69, 9.17) is 10.2 Å². The summed E-state index contributed by atoms with van der Waals surface area (Å²) >= 11 is 0. The van der Waals surface area contributed by atoms with Crippen molar-refractivity contribution < 1.29 is 19.8 Å². The van der Waals surface area contributed by atoms with Crippen LogP contribution >= 0.6 is 0 Å². The number of carboxylic acid groups (broad SMARTS) is 1. The monoisotopic (exact) mass is 230 g/mol. The molecule has 0 aromatic rings. The van der Waals surface area contributed by atoms with Crippen LogP contribution in [0.5, 0.6) is 0 Å². The van der Waals surface area contributed by atoms with Gasteiger partial charge in [-0.3, -0.25) is 4.79 Å². The van der Waals surface area contributed by atoms with Gasteiger partial charge in [0.1, 0.15) is 6.04 Å². The van der Waals surface area contributed by atoms with Crippen molar-refractivity contribution in [2.24, 2.45) is 5.92 Å². The Kier molecular flexibility index (Phi) is 5.21. The maximum Gasteiger partial charge on any atom is 0.326 e. The standard InChI is InChI=1S/C10H18N2O4/c13-5-3-8(10(15)16)12-9(14)7-2-1-4-11-6-7/h7-8,11,13H,1-6H2,(H,12,14)(H,15,16)/t7-,8?/m0/s1. The van der Waals surface area contributed by atoms with Gasteiger partial charge in [-0.15, -0.1) is 0 Å². The highest BCUT2D eigenvalue weighted by molar-refractivity contribution is 5.85. The van der Waals surface area contributed by atoms with Crippen molar-refractivity contribution in [3.63, 3.8) is 0 Å². The number of rotatable bonds is 5. The number of aliphatic hydroxyl groups excluding tert-OH is 1. The van der Waals surface area contributed by atoms with Gasteiger partial charge in [0.25, 0.3) is 0 Å². The minimum Gasteiger partial charge on any atom is -0.480 e. The number of amides is 1. The first-order valence-electron chi connectivity index (χ1n) is 5.50. The molecule has 0 aromatic heterocycles. The molecular weight excluding hydrogens is 212 g/mol. The van der Waals surface area contributed by atoms with Crippen molar-refractivity contribution in [3.05, 3.63) is 0 Å². The number of aliphatic hydroxyl groups is 1. The zero-order valence-corrected chi connectivity index (χ0v) is 9.11. The highest BCUT2D eigenvalue weighted by Gasteiger charge is 2.25. The van der Waals surface area contributed by atoms with E-state index in [1.54, 1.807) is 0 Å². The molecule has 2 atom stereocenters. The first-order chi connectivity index (χ1) is 7.65. The second-order valence-electron chi connectivity index (χ2n) is 3.95. The summed E-state index contributed by atoms with van der Waals surface area (Å²) in [5.41, 5.74) is 0. The molecule has 1 rings (SSSR count). The number of carboxylic acids is 1. The summed E-state index contributed by atoms with van der Waals surface area (Å²) in [7, 11) is 0. The van der Waals surface area contributed by atoms with E-state index in [0.29, 0.717) is 6.54 Å². The van der Waals surface area contributed by atoms with Crippen molar-refractivity contribution in [1.29, 1.82) is 0 Å². The molecule has 1 unspecified atom stereocenters. The fourth-order valence-corrected chi connectivity index (χ4v) is 1.75. The third-order valence-electron chi connectivity index (χ3n) is 2.70. The Labute approximate surface area is 94.0 Å². The van der Waals surface area contributed by atoms with Crippen LogP contribution in [0.4, 0.5) is 0 Å². The molecule has 0 bridgehead atoms. The maximum absolute atomic E-state index is 11.7. The average Bonchev–Trinajstić information content (AvgIpc) is 2.29. The normalized spacial score (nSPS) is 22.4. The number of carbonyl (C=O) groups is 2. The quantitative estimate of drug-likeness (QED) is 0.482. The summed E-state index contributed by atoms with van der Waals surface area (Å²) in [6.07, 6.45) is 1.75. The number of nitrogens with one attached hydrogen (secondary N) is 2. The largest absolute Gasteiger partial charge is 0.480 e. The molecule has 92 valence electrons. The van der Waals surface area contributed by atoms with Crippen molar-refractivity contribution >= 4 is 11.9 Å². The molecule has 1 aliphatic heterocycles. The van der Waals surface area contributed by atoms with E-state index in [-0.39, 0.29) is 24.9 Å². The summed E-state index contributed by atoms with van der Waals surface area (Å²) in [6.45, 7) is 1.25. The highest BCUT2D eigenvalue weighted by atomic mass is 16.4. The lowest BCUT2D eigenvalue weighted by Crippen LogP contribution is -2.47. The molecule has 16 heavy (non-hydrogen) atoms. The molecule has 1 amide bonds. The smallest absolute Gasteiger partial charge is 0.326 e. The van der Waals surface area contributed by atoms with Crippen molar-refractivity contribution in [2.45, 2.75) is 25.3 Å². The maximum atomic E-state index is 11.7. The minimum atomic E-state index is -1.11. The van der Waals surface area contributed by atoms with Gasteiger partial charge in [0, 0.05) is 19.6 Å². The molecule has 0 saturated carbocycles. The van der Waals surface area contributed by atoms with E-state index in [1.165, 1.54) is 0 Å². The van der Waals surface area contributed by atoms with Crippen LogP contribution in [0.3, 0.4) is 0 Å². The summed E-state index contributed by atoms with van der Waals surface area (Å²) in [5.74, 6) is -1.51. The number of piperidine rings is 1. The van der Waals surface area contributed by atoms with E-state index < -0.39 is 12.0 Å². The van der Waals surface area contributed by atoms with Gasteiger partial charge in [0.05, 0.1) is 5.92 Å². The van der Waals surface area contributed by atoms with Crippen molar-refractivity contribution in [1.82, 2.24) is 10.6 Å². The third-order valence-corrected chi connectivity index (χ3v) is 2.70.